The van der Waals surface area contributed by atoms with Crippen LogP contribution in [0.4, 0.5) is 8.78 Å². The Labute approximate surface area is 106 Å². The van der Waals surface area contributed by atoms with E-state index in [-0.39, 0.29) is 0 Å². The van der Waals surface area contributed by atoms with Gasteiger partial charge >= 0.3 is 0 Å². The Bertz CT molecular complexity index is 543. The first kappa shape index (κ1) is 12.3. The summed E-state index contributed by atoms with van der Waals surface area (Å²) in [5.41, 5.74) is 0. The highest BCUT2D eigenvalue weighted by molar-refractivity contribution is 7.99. The Morgan fingerprint density at radius 1 is 1.12 bits per heavy atom. The van der Waals surface area contributed by atoms with Crippen LogP contribution in [0, 0.1) is 18.6 Å². The zero-order valence-electron chi connectivity index (χ0n) is 8.75. The zero-order valence-corrected chi connectivity index (χ0v) is 10.3. The van der Waals surface area contributed by atoms with Crippen LogP contribution in [0.2, 0.25) is 5.15 Å². The van der Waals surface area contributed by atoms with Crippen molar-refractivity contribution in [3.8, 4) is 0 Å². The van der Waals surface area contributed by atoms with Crippen molar-refractivity contribution in [1.82, 2.24) is 9.97 Å². The minimum Gasteiger partial charge on any atom is -0.226 e. The summed E-state index contributed by atoms with van der Waals surface area (Å²) < 4.78 is 25.7. The highest BCUT2D eigenvalue weighted by Crippen LogP contribution is 2.28. The molecule has 0 fully saturated rings. The van der Waals surface area contributed by atoms with Gasteiger partial charge in [-0.3, -0.25) is 0 Å². The van der Waals surface area contributed by atoms with Gasteiger partial charge in [0.2, 0.25) is 0 Å². The molecule has 0 amide bonds. The fourth-order valence-electron chi connectivity index (χ4n) is 1.22. The van der Waals surface area contributed by atoms with E-state index in [2.05, 4.69) is 9.97 Å². The van der Waals surface area contributed by atoms with Gasteiger partial charge in [0, 0.05) is 11.0 Å². The highest BCUT2D eigenvalue weighted by atomic mass is 35.5. The summed E-state index contributed by atoms with van der Waals surface area (Å²) in [6.07, 6.45) is 0. The minimum absolute atomic E-state index is 0.322. The van der Waals surface area contributed by atoms with Crippen LogP contribution in [0.25, 0.3) is 0 Å². The number of nitrogens with zero attached hydrogens (tertiary/aromatic N) is 2. The van der Waals surface area contributed by atoms with Crippen LogP contribution in [0.15, 0.2) is 34.2 Å². The number of aryl methyl sites for hydroxylation is 1. The van der Waals surface area contributed by atoms with Crippen LogP contribution in [0.1, 0.15) is 5.82 Å². The molecule has 2 rings (SSSR count). The van der Waals surface area contributed by atoms with E-state index < -0.39 is 11.6 Å². The fourth-order valence-corrected chi connectivity index (χ4v) is 2.40. The van der Waals surface area contributed by atoms with E-state index in [4.69, 9.17) is 11.6 Å². The lowest BCUT2D eigenvalue weighted by Crippen LogP contribution is -1.90. The van der Waals surface area contributed by atoms with Crippen molar-refractivity contribution in [2.45, 2.75) is 16.8 Å². The largest absolute Gasteiger partial charge is 0.226 e. The summed E-state index contributed by atoms with van der Waals surface area (Å²) in [4.78, 5) is 8.60. The monoisotopic (exact) mass is 272 g/mol. The summed E-state index contributed by atoms with van der Waals surface area (Å²) in [7, 11) is 0. The Morgan fingerprint density at radius 3 is 2.53 bits per heavy atom. The van der Waals surface area contributed by atoms with E-state index in [1.165, 1.54) is 17.8 Å². The molecule has 88 valence electrons. The van der Waals surface area contributed by atoms with Gasteiger partial charge in [-0.15, -0.1) is 0 Å². The van der Waals surface area contributed by atoms with Crippen molar-refractivity contribution >= 4 is 23.4 Å². The lowest BCUT2D eigenvalue weighted by Gasteiger charge is -2.03. The van der Waals surface area contributed by atoms with Crippen LogP contribution in [-0.2, 0) is 0 Å². The van der Waals surface area contributed by atoms with Crippen LogP contribution in [0.5, 0.6) is 0 Å². The molecule has 2 nitrogen and oxygen atoms in total. The zero-order chi connectivity index (χ0) is 12.4. The topological polar surface area (TPSA) is 25.8 Å². The maximum atomic E-state index is 13.0. The number of hydrogen-bond acceptors (Lipinski definition) is 3. The van der Waals surface area contributed by atoms with E-state index in [9.17, 15) is 8.78 Å². The van der Waals surface area contributed by atoms with Crippen molar-refractivity contribution in [2.24, 2.45) is 0 Å². The second kappa shape index (κ2) is 4.98. The van der Waals surface area contributed by atoms with Crippen LogP contribution < -0.4 is 0 Å². The molecule has 0 bridgehead atoms. The first-order valence-electron chi connectivity index (χ1n) is 4.69. The number of aromatic nitrogens is 2. The lowest BCUT2D eigenvalue weighted by atomic mass is 10.3. The molecular formula is C11H7ClF2N2S. The average Bonchev–Trinajstić information content (AvgIpc) is 2.22. The van der Waals surface area contributed by atoms with E-state index in [1.807, 2.05) is 0 Å². The smallest absolute Gasteiger partial charge is 0.159 e. The first-order chi connectivity index (χ1) is 8.04. The number of rotatable bonds is 2. The third kappa shape index (κ3) is 3.14. The molecule has 0 N–H and O–H groups in total. The molecule has 0 atom stereocenters. The van der Waals surface area contributed by atoms with Crippen LogP contribution in [-0.4, -0.2) is 9.97 Å². The Morgan fingerprint density at radius 2 is 1.88 bits per heavy atom. The second-order valence-electron chi connectivity index (χ2n) is 3.25. The summed E-state index contributed by atoms with van der Waals surface area (Å²) in [5.74, 6) is -1.22. The second-order valence-corrected chi connectivity index (χ2v) is 4.74. The van der Waals surface area contributed by atoms with Gasteiger partial charge in [0.1, 0.15) is 16.0 Å². The lowest BCUT2D eigenvalue weighted by molar-refractivity contribution is 0.506. The van der Waals surface area contributed by atoms with Gasteiger partial charge in [-0.1, -0.05) is 23.4 Å². The predicted molar refractivity (Wildman–Crippen MR) is 62.3 cm³/mol. The third-order valence-corrected chi connectivity index (χ3v) is 3.00. The molecule has 0 spiro atoms. The van der Waals surface area contributed by atoms with Crippen molar-refractivity contribution in [3.05, 3.63) is 46.9 Å². The molecule has 1 aromatic carbocycles. The third-order valence-electron chi connectivity index (χ3n) is 1.90. The minimum atomic E-state index is -0.883. The van der Waals surface area contributed by atoms with Crippen molar-refractivity contribution in [3.63, 3.8) is 0 Å². The number of hydrogen-bond donors (Lipinski definition) is 0. The number of benzene rings is 1. The molecule has 0 aliphatic carbocycles. The summed E-state index contributed by atoms with van der Waals surface area (Å²) in [5, 5.41) is 0.913. The van der Waals surface area contributed by atoms with Crippen molar-refractivity contribution in [2.75, 3.05) is 0 Å². The van der Waals surface area contributed by atoms with Crippen molar-refractivity contribution < 1.29 is 8.78 Å². The van der Waals surface area contributed by atoms with Gasteiger partial charge < -0.3 is 0 Å². The molecule has 0 unspecified atom stereocenters. The van der Waals surface area contributed by atoms with Crippen LogP contribution >= 0.6 is 23.4 Å². The van der Waals surface area contributed by atoms with E-state index in [0.29, 0.717) is 20.9 Å². The average molecular weight is 273 g/mol. The van der Waals surface area contributed by atoms with Gasteiger partial charge in [0.25, 0.3) is 0 Å². The number of halogens is 3. The quantitative estimate of drug-likeness (QED) is 0.776. The molecule has 17 heavy (non-hydrogen) atoms. The van der Waals surface area contributed by atoms with E-state index >= 15 is 0 Å². The maximum absolute atomic E-state index is 13.0. The van der Waals surface area contributed by atoms with Gasteiger partial charge in [-0.25, -0.2) is 18.7 Å². The van der Waals surface area contributed by atoms with E-state index in [0.717, 1.165) is 12.1 Å². The molecule has 0 aliphatic heterocycles. The summed E-state index contributed by atoms with van der Waals surface area (Å²) >= 11 is 6.97. The van der Waals surface area contributed by atoms with Crippen molar-refractivity contribution in [1.29, 1.82) is 0 Å². The molecule has 0 saturated carbocycles. The van der Waals surface area contributed by atoms with E-state index in [1.54, 1.807) is 13.0 Å². The van der Waals surface area contributed by atoms with Crippen LogP contribution in [0.3, 0.4) is 0 Å². The Hall–Kier alpha value is -1.20. The molecule has 6 heteroatoms. The SMILES string of the molecule is Cc1nc(Cl)cc(Sc2ccc(F)c(F)c2)n1. The normalized spacial score (nSPS) is 10.6. The standard InChI is InChI=1S/C11H7ClF2N2S/c1-6-15-10(12)5-11(16-6)17-7-2-3-8(13)9(14)4-7/h2-5H,1H3. The predicted octanol–water partition coefficient (Wildman–Crippen LogP) is 3.87. The van der Waals surface area contributed by atoms with Gasteiger partial charge in [-0.2, -0.15) is 0 Å². The molecule has 0 radical (unpaired) electrons. The van der Waals surface area contributed by atoms with Gasteiger partial charge in [0.05, 0.1) is 0 Å². The first-order valence-corrected chi connectivity index (χ1v) is 5.88. The molecule has 2 aromatic rings. The fraction of sp³-hybridized carbons (Fsp3) is 0.0909. The van der Waals surface area contributed by atoms with Gasteiger partial charge in [0.15, 0.2) is 11.6 Å². The molecule has 1 aromatic heterocycles. The molecule has 0 saturated heterocycles. The molecule has 0 aliphatic rings. The highest BCUT2D eigenvalue weighted by Gasteiger charge is 2.06. The molecular weight excluding hydrogens is 266 g/mol. The molecule has 1 heterocycles. The summed E-state index contributed by atoms with van der Waals surface area (Å²) in [6, 6.07) is 5.24. The Balaban J connectivity index is 2.28. The van der Waals surface area contributed by atoms with Gasteiger partial charge in [-0.05, 0) is 25.1 Å². The maximum Gasteiger partial charge on any atom is 0.159 e. The Kier molecular flexibility index (Phi) is 3.59. The summed E-state index contributed by atoms with van der Waals surface area (Å²) in [6.45, 7) is 1.71.